The van der Waals surface area contributed by atoms with Crippen LogP contribution < -0.4 is 5.32 Å². The fraction of sp³-hybridized carbons (Fsp3) is 0.611. The first kappa shape index (κ1) is 14.4. The molecule has 0 aromatic heterocycles. The van der Waals surface area contributed by atoms with E-state index < -0.39 is 5.97 Å². The Morgan fingerprint density at radius 2 is 1.90 bits per heavy atom. The zero-order valence-electron chi connectivity index (χ0n) is 12.8. The lowest BCUT2D eigenvalue weighted by atomic mass is 9.69. The number of anilines is 1. The van der Waals surface area contributed by atoms with Gasteiger partial charge in [-0.1, -0.05) is 25.7 Å². The van der Waals surface area contributed by atoms with E-state index in [0.29, 0.717) is 11.6 Å². The van der Waals surface area contributed by atoms with Crippen molar-refractivity contribution in [2.75, 3.05) is 5.32 Å². The van der Waals surface area contributed by atoms with Crippen molar-refractivity contribution in [1.82, 2.24) is 0 Å². The van der Waals surface area contributed by atoms with Gasteiger partial charge in [-0.3, -0.25) is 0 Å². The highest BCUT2D eigenvalue weighted by Gasteiger charge is 2.32. The molecule has 3 heteroatoms. The number of benzene rings is 1. The number of carboxylic acid groups (broad SMARTS) is 1. The molecule has 1 aromatic rings. The summed E-state index contributed by atoms with van der Waals surface area (Å²) in [4.78, 5) is 11.0. The van der Waals surface area contributed by atoms with Crippen LogP contribution in [-0.4, -0.2) is 17.1 Å². The van der Waals surface area contributed by atoms with Gasteiger partial charge in [0, 0.05) is 11.7 Å². The van der Waals surface area contributed by atoms with Crippen molar-refractivity contribution < 1.29 is 9.90 Å². The molecular formula is C18H25NO2. The fourth-order valence-electron chi connectivity index (χ4n) is 4.18. The molecule has 0 heterocycles. The molecule has 0 saturated heterocycles. The SMILES string of the molecule is Cc1cc(C(=O)O)ccc1NC1CCC2CCCCC2C1. The number of rotatable bonds is 3. The quantitative estimate of drug-likeness (QED) is 0.862. The third-order valence-corrected chi connectivity index (χ3v) is 5.37. The summed E-state index contributed by atoms with van der Waals surface area (Å²) >= 11 is 0. The highest BCUT2D eigenvalue weighted by atomic mass is 16.4. The standard InChI is InChI=1S/C18H25NO2/c1-12-10-15(18(20)21)7-9-17(12)19-16-8-6-13-4-2-3-5-14(13)11-16/h7,9-10,13-14,16,19H,2-6,8,11H2,1H3,(H,20,21). The second kappa shape index (κ2) is 6.08. The lowest BCUT2D eigenvalue weighted by molar-refractivity contribution is 0.0697. The summed E-state index contributed by atoms with van der Waals surface area (Å²) in [6.45, 7) is 1.99. The van der Waals surface area contributed by atoms with Crippen LogP contribution in [0.3, 0.4) is 0 Å². The Morgan fingerprint density at radius 1 is 1.14 bits per heavy atom. The van der Waals surface area contributed by atoms with Gasteiger partial charge in [-0.25, -0.2) is 4.79 Å². The third kappa shape index (κ3) is 3.22. The summed E-state index contributed by atoms with van der Waals surface area (Å²) in [6.07, 6.45) is 9.55. The van der Waals surface area contributed by atoms with E-state index in [4.69, 9.17) is 5.11 Å². The molecule has 3 nitrogen and oxygen atoms in total. The van der Waals surface area contributed by atoms with Gasteiger partial charge in [0.05, 0.1) is 5.56 Å². The molecule has 3 rings (SSSR count). The monoisotopic (exact) mass is 287 g/mol. The Labute approximate surface area is 126 Å². The molecule has 3 unspecified atom stereocenters. The van der Waals surface area contributed by atoms with Crippen LogP contribution in [0, 0.1) is 18.8 Å². The van der Waals surface area contributed by atoms with E-state index in [-0.39, 0.29) is 0 Å². The van der Waals surface area contributed by atoms with Gasteiger partial charge in [0.2, 0.25) is 0 Å². The largest absolute Gasteiger partial charge is 0.478 e. The van der Waals surface area contributed by atoms with E-state index in [1.807, 2.05) is 13.0 Å². The van der Waals surface area contributed by atoms with E-state index >= 15 is 0 Å². The van der Waals surface area contributed by atoms with E-state index in [0.717, 1.165) is 23.1 Å². The predicted molar refractivity (Wildman–Crippen MR) is 84.8 cm³/mol. The number of carboxylic acids is 1. The summed E-state index contributed by atoms with van der Waals surface area (Å²) < 4.78 is 0. The number of nitrogens with one attached hydrogen (secondary N) is 1. The van der Waals surface area contributed by atoms with Crippen molar-refractivity contribution in [1.29, 1.82) is 0 Å². The molecule has 1 aromatic carbocycles. The lowest BCUT2D eigenvalue weighted by Gasteiger charge is -2.40. The topological polar surface area (TPSA) is 49.3 Å². The molecule has 114 valence electrons. The summed E-state index contributed by atoms with van der Waals surface area (Å²) in [6, 6.07) is 5.94. The Hall–Kier alpha value is -1.51. The van der Waals surface area contributed by atoms with Crippen molar-refractivity contribution in [3.8, 4) is 0 Å². The molecule has 2 N–H and O–H groups in total. The summed E-state index contributed by atoms with van der Waals surface area (Å²) in [5.41, 5.74) is 2.49. The Morgan fingerprint density at radius 3 is 2.62 bits per heavy atom. The van der Waals surface area contributed by atoms with Crippen LogP contribution in [0.1, 0.15) is 60.9 Å². The number of hydrogen-bond donors (Lipinski definition) is 2. The summed E-state index contributed by atoms with van der Waals surface area (Å²) in [7, 11) is 0. The van der Waals surface area contributed by atoms with Gasteiger partial charge < -0.3 is 10.4 Å². The third-order valence-electron chi connectivity index (χ3n) is 5.37. The Bertz CT molecular complexity index is 526. The van der Waals surface area contributed by atoms with Crippen LogP contribution in [0.25, 0.3) is 0 Å². The summed E-state index contributed by atoms with van der Waals surface area (Å²) in [5, 5.41) is 12.7. The Kier molecular flexibility index (Phi) is 4.18. The van der Waals surface area contributed by atoms with Crippen LogP contribution in [-0.2, 0) is 0 Å². The van der Waals surface area contributed by atoms with Crippen LogP contribution in [0.4, 0.5) is 5.69 Å². The minimum atomic E-state index is -0.854. The number of hydrogen-bond acceptors (Lipinski definition) is 2. The molecule has 21 heavy (non-hydrogen) atoms. The van der Waals surface area contributed by atoms with Crippen molar-refractivity contribution in [2.45, 2.75) is 57.9 Å². The minimum absolute atomic E-state index is 0.369. The van der Waals surface area contributed by atoms with Crippen molar-refractivity contribution in [3.05, 3.63) is 29.3 Å². The first-order chi connectivity index (χ1) is 10.1. The average Bonchev–Trinajstić information content (AvgIpc) is 2.49. The number of aryl methyl sites for hydroxylation is 1. The second-order valence-corrected chi connectivity index (χ2v) is 6.79. The lowest BCUT2D eigenvalue weighted by Crippen LogP contribution is -2.34. The highest BCUT2D eigenvalue weighted by Crippen LogP contribution is 2.41. The molecule has 0 bridgehead atoms. The van der Waals surface area contributed by atoms with Crippen LogP contribution in [0.2, 0.25) is 0 Å². The van der Waals surface area contributed by atoms with Crippen molar-refractivity contribution >= 4 is 11.7 Å². The van der Waals surface area contributed by atoms with Gasteiger partial charge in [-0.15, -0.1) is 0 Å². The first-order valence-corrected chi connectivity index (χ1v) is 8.24. The smallest absolute Gasteiger partial charge is 0.335 e. The fourth-order valence-corrected chi connectivity index (χ4v) is 4.18. The molecule has 0 radical (unpaired) electrons. The normalized spacial score (nSPS) is 28.7. The number of aromatic carboxylic acids is 1. The molecule has 0 aliphatic heterocycles. The molecule has 2 saturated carbocycles. The van der Waals surface area contributed by atoms with Gasteiger partial charge in [-0.05, 0) is 61.8 Å². The zero-order valence-corrected chi connectivity index (χ0v) is 12.8. The minimum Gasteiger partial charge on any atom is -0.478 e. The number of fused-ring (bicyclic) bond motifs is 1. The second-order valence-electron chi connectivity index (χ2n) is 6.79. The van der Waals surface area contributed by atoms with Gasteiger partial charge in [0.15, 0.2) is 0 Å². The van der Waals surface area contributed by atoms with Crippen LogP contribution >= 0.6 is 0 Å². The first-order valence-electron chi connectivity index (χ1n) is 8.24. The predicted octanol–water partition coefficient (Wildman–Crippen LogP) is 4.46. The Balaban J connectivity index is 1.65. The van der Waals surface area contributed by atoms with Gasteiger partial charge in [0.1, 0.15) is 0 Å². The van der Waals surface area contributed by atoms with E-state index in [2.05, 4.69) is 5.32 Å². The van der Waals surface area contributed by atoms with E-state index in [1.54, 1.807) is 12.1 Å². The zero-order chi connectivity index (χ0) is 14.8. The highest BCUT2D eigenvalue weighted by molar-refractivity contribution is 5.88. The molecular weight excluding hydrogens is 262 g/mol. The van der Waals surface area contributed by atoms with E-state index in [9.17, 15) is 4.79 Å². The van der Waals surface area contributed by atoms with Crippen molar-refractivity contribution in [2.24, 2.45) is 11.8 Å². The molecule has 3 atom stereocenters. The maximum Gasteiger partial charge on any atom is 0.335 e. The average molecular weight is 287 g/mol. The molecule has 2 aliphatic rings. The summed E-state index contributed by atoms with van der Waals surface area (Å²) in [5.74, 6) is 1.02. The van der Waals surface area contributed by atoms with Gasteiger partial charge in [0.25, 0.3) is 0 Å². The maximum atomic E-state index is 11.0. The molecule has 0 spiro atoms. The maximum absolute atomic E-state index is 11.0. The number of carbonyl (C=O) groups is 1. The van der Waals surface area contributed by atoms with Gasteiger partial charge >= 0.3 is 5.97 Å². The molecule has 2 fully saturated rings. The van der Waals surface area contributed by atoms with Crippen LogP contribution in [0.15, 0.2) is 18.2 Å². The molecule has 2 aliphatic carbocycles. The van der Waals surface area contributed by atoms with Crippen LogP contribution in [0.5, 0.6) is 0 Å². The molecule has 0 amide bonds. The van der Waals surface area contributed by atoms with E-state index in [1.165, 1.54) is 44.9 Å². The van der Waals surface area contributed by atoms with Gasteiger partial charge in [-0.2, -0.15) is 0 Å². The van der Waals surface area contributed by atoms with Crippen molar-refractivity contribution in [3.63, 3.8) is 0 Å².